The van der Waals surface area contributed by atoms with Crippen LogP contribution in [-0.2, 0) is 10.0 Å². The number of nitrogens with zero attached hydrogens (tertiary/aromatic N) is 1. The Labute approximate surface area is 166 Å². The molecule has 0 bridgehead atoms. The zero-order valence-electron chi connectivity index (χ0n) is 14.6. The van der Waals surface area contributed by atoms with Crippen molar-refractivity contribution in [2.24, 2.45) is 4.99 Å². The lowest BCUT2D eigenvalue weighted by molar-refractivity contribution is 0.445. The molecule has 0 spiro atoms. The third-order valence-electron chi connectivity index (χ3n) is 3.11. The van der Waals surface area contributed by atoms with Crippen molar-refractivity contribution in [2.45, 2.75) is 32.4 Å². The number of sulfonamides is 1. The highest BCUT2D eigenvalue weighted by atomic mass is 127. The molecule has 1 aromatic carbocycles. The summed E-state index contributed by atoms with van der Waals surface area (Å²) in [6.45, 7) is 6.01. The maximum absolute atomic E-state index is 11.4. The maximum Gasteiger partial charge on any atom is 0.209 e. The van der Waals surface area contributed by atoms with E-state index in [0.29, 0.717) is 17.5 Å². The van der Waals surface area contributed by atoms with Crippen LogP contribution in [0, 0.1) is 0 Å². The molecule has 0 saturated carbocycles. The van der Waals surface area contributed by atoms with Crippen LogP contribution in [0.4, 0.5) is 0 Å². The molecule has 0 fully saturated rings. The number of nitrogens with one attached hydrogen (secondary N) is 3. The fraction of sp³-hybridized carbons (Fsp3) is 0.533. The summed E-state index contributed by atoms with van der Waals surface area (Å²) in [5.41, 5.74) is 0.445. The molecule has 0 aliphatic heterocycles. The standard InChI is InChI=1S/C15H25ClN4O2S.HI/c1-11(12-6-8-13(16)9-7-12)19-14(17-4)18-10-15(2,3)20-23(5,21)22;/h6-9,11,20H,10H2,1-5H3,(H2,17,18,19);1H. The molecule has 0 heterocycles. The van der Waals surface area contributed by atoms with Gasteiger partial charge in [0, 0.05) is 24.2 Å². The number of benzene rings is 1. The highest BCUT2D eigenvalue weighted by Crippen LogP contribution is 2.15. The van der Waals surface area contributed by atoms with Crippen molar-refractivity contribution in [3.8, 4) is 0 Å². The largest absolute Gasteiger partial charge is 0.355 e. The van der Waals surface area contributed by atoms with Gasteiger partial charge in [0.2, 0.25) is 10.0 Å². The van der Waals surface area contributed by atoms with Crippen LogP contribution in [0.1, 0.15) is 32.4 Å². The molecule has 1 aromatic rings. The Kier molecular flexibility index (Phi) is 9.55. The Hall–Kier alpha value is -0.580. The molecule has 1 unspecified atom stereocenters. The van der Waals surface area contributed by atoms with Gasteiger partial charge in [0.05, 0.1) is 12.3 Å². The summed E-state index contributed by atoms with van der Waals surface area (Å²) in [5.74, 6) is 0.593. The second kappa shape index (κ2) is 9.79. The topological polar surface area (TPSA) is 82.6 Å². The Bertz CT molecular complexity index is 648. The lowest BCUT2D eigenvalue weighted by Crippen LogP contribution is -2.53. The summed E-state index contributed by atoms with van der Waals surface area (Å²) >= 11 is 5.89. The fourth-order valence-corrected chi connectivity index (χ4v) is 3.28. The number of halogens is 2. The third-order valence-corrected chi connectivity index (χ3v) is 4.28. The van der Waals surface area contributed by atoms with Gasteiger partial charge in [-0.2, -0.15) is 0 Å². The highest BCUT2D eigenvalue weighted by molar-refractivity contribution is 14.0. The minimum atomic E-state index is -3.27. The summed E-state index contributed by atoms with van der Waals surface area (Å²) in [6, 6.07) is 7.60. The molecule has 24 heavy (non-hydrogen) atoms. The van der Waals surface area contributed by atoms with Gasteiger partial charge in [0.1, 0.15) is 0 Å². The first kappa shape index (κ1) is 23.4. The fourth-order valence-electron chi connectivity index (χ4n) is 2.08. The Morgan fingerprint density at radius 2 is 1.83 bits per heavy atom. The van der Waals surface area contributed by atoms with E-state index < -0.39 is 15.6 Å². The average molecular weight is 489 g/mol. The van der Waals surface area contributed by atoms with Gasteiger partial charge in [-0.05, 0) is 38.5 Å². The molecule has 9 heteroatoms. The number of hydrogen-bond donors (Lipinski definition) is 3. The van der Waals surface area contributed by atoms with E-state index in [0.717, 1.165) is 11.8 Å². The normalized spacial score (nSPS) is 13.8. The summed E-state index contributed by atoms with van der Waals surface area (Å²) < 4.78 is 25.3. The minimum absolute atomic E-state index is 0. The number of hydrogen-bond acceptors (Lipinski definition) is 3. The van der Waals surface area contributed by atoms with Crippen LogP contribution < -0.4 is 15.4 Å². The van der Waals surface area contributed by atoms with Crippen molar-refractivity contribution in [2.75, 3.05) is 19.8 Å². The molecule has 6 nitrogen and oxygen atoms in total. The van der Waals surface area contributed by atoms with Crippen molar-refractivity contribution in [1.82, 2.24) is 15.4 Å². The van der Waals surface area contributed by atoms with Gasteiger partial charge in [0.15, 0.2) is 5.96 Å². The first-order valence-corrected chi connectivity index (χ1v) is 9.51. The van der Waals surface area contributed by atoms with Crippen molar-refractivity contribution < 1.29 is 8.42 Å². The predicted octanol–water partition coefficient (Wildman–Crippen LogP) is 2.51. The van der Waals surface area contributed by atoms with Gasteiger partial charge in [-0.15, -0.1) is 24.0 Å². The van der Waals surface area contributed by atoms with Gasteiger partial charge in [-0.1, -0.05) is 23.7 Å². The lowest BCUT2D eigenvalue weighted by atomic mass is 10.1. The second-order valence-corrected chi connectivity index (χ2v) is 8.29. The Balaban J connectivity index is 0.00000529. The molecule has 0 aliphatic rings. The van der Waals surface area contributed by atoms with Crippen LogP contribution in [0.3, 0.4) is 0 Å². The van der Waals surface area contributed by atoms with E-state index in [1.807, 2.05) is 31.2 Å². The molecule has 1 rings (SSSR count). The lowest BCUT2D eigenvalue weighted by Gasteiger charge is -2.27. The molecular formula is C15H26ClIN4O2S. The van der Waals surface area contributed by atoms with Crippen molar-refractivity contribution in [1.29, 1.82) is 0 Å². The predicted molar refractivity (Wildman–Crippen MR) is 112 cm³/mol. The summed E-state index contributed by atoms with van der Waals surface area (Å²) in [5, 5.41) is 7.08. The van der Waals surface area contributed by atoms with Crippen LogP contribution in [0.2, 0.25) is 5.02 Å². The van der Waals surface area contributed by atoms with Crippen LogP contribution >= 0.6 is 35.6 Å². The van der Waals surface area contributed by atoms with Gasteiger partial charge in [-0.3, -0.25) is 4.99 Å². The molecular weight excluding hydrogens is 463 g/mol. The summed E-state index contributed by atoms with van der Waals surface area (Å²) in [6.07, 6.45) is 1.14. The molecule has 0 amide bonds. The van der Waals surface area contributed by atoms with Crippen LogP contribution in [-0.4, -0.2) is 39.8 Å². The van der Waals surface area contributed by atoms with Gasteiger partial charge in [-0.25, -0.2) is 13.1 Å². The van der Waals surface area contributed by atoms with Crippen LogP contribution in [0.15, 0.2) is 29.3 Å². The molecule has 0 aromatic heterocycles. The van der Waals surface area contributed by atoms with Crippen molar-refractivity contribution >= 4 is 51.6 Å². The molecule has 138 valence electrons. The van der Waals surface area contributed by atoms with E-state index in [4.69, 9.17) is 11.6 Å². The van der Waals surface area contributed by atoms with Crippen LogP contribution in [0.25, 0.3) is 0 Å². The average Bonchev–Trinajstić information content (AvgIpc) is 2.41. The van der Waals surface area contributed by atoms with Crippen molar-refractivity contribution in [3.63, 3.8) is 0 Å². The molecule has 0 saturated heterocycles. The highest BCUT2D eigenvalue weighted by Gasteiger charge is 2.22. The van der Waals surface area contributed by atoms with E-state index >= 15 is 0 Å². The molecule has 0 aliphatic carbocycles. The van der Waals surface area contributed by atoms with Gasteiger partial charge < -0.3 is 10.6 Å². The Morgan fingerprint density at radius 3 is 2.29 bits per heavy atom. The minimum Gasteiger partial charge on any atom is -0.355 e. The van der Waals surface area contributed by atoms with E-state index in [-0.39, 0.29) is 30.0 Å². The second-order valence-electron chi connectivity index (χ2n) is 6.10. The summed E-state index contributed by atoms with van der Waals surface area (Å²) in [4.78, 5) is 4.16. The van der Waals surface area contributed by atoms with Crippen LogP contribution in [0.5, 0.6) is 0 Å². The first-order chi connectivity index (χ1) is 10.5. The summed E-state index contributed by atoms with van der Waals surface area (Å²) in [7, 11) is -1.60. The third kappa shape index (κ3) is 9.05. The smallest absolute Gasteiger partial charge is 0.209 e. The van der Waals surface area contributed by atoms with E-state index in [2.05, 4.69) is 20.3 Å². The first-order valence-electron chi connectivity index (χ1n) is 7.24. The zero-order chi connectivity index (χ0) is 17.7. The molecule has 0 radical (unpaired) electrons. The van der Waals surface area contributed by atoms with Crippen molar-refractivity contribution in [3.05, 3.63) is 34.9 Å². The van der Waals surface area contributed by atoms with E-state index in [1.165, 1.54) is 0 Å². The SMILES string of the molecule is CN=C(NCC(C)(C)NS(C)(=O)=O)NC(C)c1ccc(Cl)cc1.I. The Morgan fingerprint density at radius 1 is 1.29 bits per heavy atom. The monoisotopic (exact) mass is 488 g/mol. The zero-order valence-corrected chi connectivity index (χ0v) is 18.5. The van der Waals surface area contributed by atoms with E-state index in [9.17, 15) is 8.42 Å². The number of guanidine groups is 1. The molecule has 1 atom stereocenters. The van der Waals surface area contributed by atoms with E-state index in [1.54, 1.807) is 20.9 Å². The van der Waals surface area contributed by atoms with Gasteiger partial charge >= 0.3 is 0 Å². The number of rotatable bonds is 6. The quantitative estimate of drug-likeness (QED) is 0.326. The van der Waals surface area contributed by atoms with Gasteiger partial charge in [0.25, 0.3) is 0 Å². The molecule has 3 N–H and O–H groups in total. The number of aliphatic imine (C=N–C) groups is 1. The maximum atomic E-state index is 11.4.